The van der Waals surface area contributed by atoms with Gasteiger partial charge in [-0.2, -0.15) is 0 Å². The van der Waals surface area contributed by atoms with Crippen molar-refractivity contribution in [2.45, 2.75) is 31.0 Å². The van der Waals surface area contributed by atoms with Crippen LogP contribution in [0.1, 0.15) is 24.0 Å². The van der Waals surface area contributed by atoms with E-state index in [1.807, 2.05) is 30.8 Å². The summed E-state index contributed by atoms with van der Waals surface area (Å²) >= 11 is 1.57. The molecule has 0 unspecified atom stereocenters. The Hall–Kier alpha value is -1.50. The van der Waals surface area contributed by atoms with Crippen LogP contribution in [-0.4, -0.2) is 59.3 Å². The van der Waals surface area contributed by atoms with Crippen molar-refractivity contribution in [3.63, 3.8) is 0 Å². The van der Waals surface area contributed by atoms with Gasteiger partial charge in [0.15, 0.2) is 5.16 Å². The van der Waals surface area contributed by atoms with Gasteiger partial charge in [0, 0.05) is 37.6 Å². The standard InChI is InChI=1S/C21H29FN4S/c1-25(16-19-13-23-21(27-2)24-14-19)15-18-8-11-26(12-9-18)10-7-17-3-5-20(22)6-4-17/h3-6,13-14,18H,7-12,15-16H2,1-2H3. The van der Waals surface area contributed by atoms with Crippen LogP contribution in [0.15, 0.2) is 41.8 Å². The fraction of sp³-hybridized carbons (Fsp3) is 0.524. The quantitative estimate of drug-likeness (QED) is 0.508. The number of piperidine rings is 1. The van der Waals surface area contributed by atoms with Gasteiger partial charge in [0.2, 0.25) is 0 Å². The zero-order valence-electron chi connectivity index (χ0n) is 16.3. The van der Waals surface area contributed by atoms with Gasteiger partial charge in [-0.15, -0.1) is 0 Å². The molecule has 4 nitrogen and oxygen atoms in total. The van der Waals surface area contributed by atoms with Crippen molar-refractivity contribution in [1.82, 2.24) is 19.8 Å². The van der Waals surface area contributed by atoms with E-state index in [-0.39, 0.29) is 5.82 Å². The summed E-state index contributed by atoms with van der Waals surface area (Å²) in [5.74, 6) is 0.596. The molecule has 0 N–H and O–H groups in total. The summed E-state index contributed by atoms with van der Waals surface area (Å²) in [4.78, 5) is 13.6. The van der Waals surface area contributed by atoms with Gasteiger partial charge in [-0.3, -0.25) is 0 Å². The Morgan fingerprint density at radius 1 is 1.11 bits per heavy atom. The molecule has 27 heavy (non-hydrogen) atoms. The molecular weight excluding hydrogens is 359 g/mol. The topological polar surface area (TPSA) is 32.3 Å². The highest BCUT2D eigenvalue weighted by Crippen LogP contribution is 2.19. The van der Waals surface area contributed by atoms with Crippen molar-refractivity contribution < 1.29 is 4.39 Å². The van der Waals surface area contributed by atoms with Crippen molar-refractivity contribution in [3.8, 4) is 0 Å². The van der Waals surface area contributed by atoms with E-state index < -0.39 is 0 Å². The number of hydrogen-bond donors (Lipinski definition) is 0. The molecule has 1 aliphatic heterocycles. The van der Waals surface area contributed by atoms with E-state index in [1.54, 1.807) is 23.9 Å². The zero-order valence-corrected chi connectivity index (χ0v) is 17.1. The van der Waals surface area contributed by atoms with Crippen LogP contribution >= 0.6 is 11.8 Å². The molecule has 1 fully saturated rings. The van der Waals surface area contributed by atoms with Crippen molar-refractivity contribution >= 4 is 11.8 Å². The molecule has 146 valence electrons. The van der Waals surface area contributed by atoms with Crippen molar-refractivity contribution in [2.24, 2.45) is 5.92 Å². The maximum atomic E-state index is 13.0. The monoisotopic (exact) mass is 388 g/mol. The molecule has 0 radical (unpaired) electrons. The maximum absolute atomic E-state index is 13.0. The lowest BCUT2D eigenvalue weighted by Gasteiger charge is -2.34. The van der Waals surface area contributed by atoms with E-state index >= 15 is 0 Å². The molecule has 0 aliphatic carbocycles. The maximum Gasteiger partial charge on any atom is 0.187 e. The highest BCUT2D eigenvalue weighted by Gasteiger charge is 2.20. The Morgan fingerprint density at radius 3 is 2.41 bits per heavy atom. The number of halogens is 1. The second kappa shape index (κ2) is 10.2. The minimum Gasteiger partial charge on any atom is -0.303 e. The number of likely N-dealkylation sites (tertiary alicyclic amines) is 1. The van der Waals surface area contributed by atoms with Crippen LogP contribution in [0.3, 0.4) is 0 Å². The molecule has 0 bridgehead atoms. The van der Waals surface area contributed by atoms with Crippen molar-refractivity contribution in [3.05, 3.63) is 53.6 Å². The van der Waals surface area contributed by atoms with Gasteiger partial charge in [-0.1, -0.05) is 23.9 Å². The van der Waals surface area contributed by atoms with E-state index in [0.717, 1.165) is 50.2 Å². The van der Waals surface area contributed by atoms with E-state index in [1.165, 1.54) is 24.0 Å². The van der Waals surface area contributed by atoms with Crippen LogP contribution in [0.2, 0.25) is 0 Å². The van der Waals surface area contributed by atoms with Crippen LogP contribution in [0.5, 0.6) is 0 Å². The van der Waals surface area contributed by atoms with Gasteiger partial charge in [0.25, 0.3) is 0 Å². The summed E-state index contributed by atoms with van der Waals surface area (Å²) in [6.45, 7) is 5.40. The second-order valence-electron chi connectivity index (χ2n) is 7.44. The van der Waals surface area contributed by atoms with Crippen LogP contribution in [0.25, 0.3) is 0 Å². The molecule has 0 amide bonds. The average molecular weight is 389 g/mol. The third-order valence-electron chi connectivity index (χ3n) is 5.22. The molecule has 0 atom stereocenters. The van der Waals surface area contributed by atoms with Gasteiger partial charge in [0.1, 0.15) is 5.82 Å². The lowest BCUT2D eigenvalue weighted by molar-refractivity contribution is 0.153. The summed E-state index contributed by atoms with van der Waals surface area (Å²) in [5.41, 5.74) is 2.39. The molecule has 2 aromatic rings. The van der Waals surface area contributed by atoms with E-state index in [4.69, 9.17) is 0 Å². The Balaban J connectivity index is 1.36. The molecule has 2 heterocycles. The second-order valence-corrected chi connectivity index (χ2v) is 8.21. The fourth-order valence-electron chi connectivity index (χ4n) is 3.68. The first-order valence-corrected chi connectivity index (χ1v) is 10.8. The Labute approximate surface area is 166 Å². The van der Waals surface area contributed by atoms with Crippen LogP contribution in [0.4, 0.5) is 4.39 Å². The third kappa shape index (κ3) is 6.55. The van der Waals surface area contributed by atoms with E-state index in [0.29, 0.717) is 0 Å². The van der Waals surface area contributed by atoms with Crippen LogP contribution < -0.4 is 0 Å². The SMILES string of the molecule is CSc1ncc(CN(C)CC2CCN(CCc3ccc(F)cc3)CC2)cn1. The molecule has 6 heteroatoms. The lowest BCUT2D eigenvalue weighted by Crippen LogP contribution is -2.38. The molecule has 0 spiro atoms. The number of hydrogen-bond acceptors (Lipinski definition) is 5. The summed E-state index contributed by atoms with van der Waals surface area (Å²) < 4.78 is 13.0. The predicted molar refractivity (Wildman–Crippen MR) is 109 cm³/mol. The summed E-state index contributed by atoms with van der Waals surface area (Å²) in [7, 11) is 2.18. The number of aromatic nitrogens is 2. The zero-order chi connectivity index (χ0) is 19.1. The van der Waals surface area contributed by atoms with Crippen molar-refractivity contribution in [2.75, 3.05) is 39.5 Å². The number of nitrogens with zero attached hydrogens (tertiary/aromatic N) is 4. The van der Waals surface area contributed by atoms with Crippen LogP contribution in [-0.2, 0) is 13.0 Å². The van der Waals surface area contributed by atoms with E-state index in [9.17, 15) is 4.39 Å². The number of benzene rings is 1. The molecule has 1 aromatic carbocycles. The summed E-state index contributed by atoms with van der Waals surface area (Å²) in [5, 5.41) is 0.828. The van der Waals surface area contributed by atoms with Crippen molar-refractivity contribution in [1.29, 1.82) is 0 Å². The summed E-state index contributed by atoms with van der Waals surface area (Å²) in [6, 6.07) is 6.90. The van der Waals surface area contributed by atoms with Gasteiger partial charge in [-0.05, 0) is 69.3 Å². The molecule has 1 saturated heterocycles. The Morgan fingerprint density at radius 2 is 1.78 bits per heavy atom. The minimum atomic E-state index is -0.157. The molecule has 0 saturated carbocycles. The Kier molecular flexibility index (Phi) is 7.61. The normalized spacial score (nSPS) is 16.1. The lowest BCUT2D eigenvalue weighted by atomic mass is 9.96. The first kappa shape index (κ1) is 20.2. The Bertz CT molecular complexity index is 684. The third-order valence-corrected chi connectivity index (χ3v) is 5.80. The van der Waals surface area contributed by atoms with E-state index in [2.05, 4.69) is 26.8 Å². The van der Waals surface area contributed by atoms with Gasteiger partial charge >= 0.3 is 0 Å². The molecular formula is C21H29FN4S. The largest absolute Gasteiger partial charge is 0.303 e. The highest BCUT2D eigenvalue weighted by atomic mass is 32.2. The smallest absolute Gasteiger partial charge is 0.187 e. The fourth-order valence-corrected chi connectivity index (χ4v) is 3.99. The number of rotatable bonds is 8. The molecule has 1 aromatic heterocycles. The molecule has 1 aliphatic rings. The highest BCUT2D eigenvalue weighted by molar-refractivity contribution is 7.98. The van der Waals surface area contributed by atoms with Crippen LogP contribution in [0, 0.1) is 11.7 Å². The minimum absolute atomic E-state index is 0.157. The molecule has 3 rings (SSSR count). The van der Waals surface area contributed by atoms with Gasteiger partial charge in [0.05, 0.1) is 0 Å². The van der Waals surface area contributed by atoms with Gasteiger partial charge in [-0.25, -0.2) is 14.4 Å². The first-order chi connectivity index (χ1) is 13.1. The van der Waals surface area contributed by atoms with Gasteiger partial charge < -0.3 is 9.80 Å². The average Bonchev–Trinajstić information content (AvgIpc) is 2.69. The number of thioether (sulfide) groups is 1. The first-order valence-electron chi connectivity index (χ1n) is 9.62. The predicted octanol–water partition coefficient (Wildman–Crippen LogP) is 3.72. The summed E-state index contributed by atoms with van der Waals surface area (Å²) in [6.07, 6.45) is 9.36.